The number of amides is 1. The van der Waals surface area contributed by atoms with E-state index in [4.69, 9.17) is 4.74 Å². The lowest BCUT2D eigenvalue weighted by Crippen LogP contribution is -2.43. The molecule has 0 aliphatic heterocycles. The van der Waals surface area contributed by atoms with Crippen LogP contribution in [0.3, 0.4) is 0 Å². The Balaban J connectivity index is 2.14. The first-order valence-corrected chi connectivity index (χ1v) is 12.4. The largest absolute Gasteiger partial charge is 0.463 e. The zero-order chi connectivity index (χ0) is 24.8. The molecule has 0 aliphatic rings. The van der Waals surface area contributed by atoms with Crippen molar-refractivity contribution in [2.45, 2.75) is 46.1 Å². The third-order valence-electron chi connectivity index (χ3n) is 4.88. The van der Waals surface area contributed by atoms with E-state index in [1.807, 2.05) is 30.3 Å². The predicted molar refractivity (Wildman–Crippen MR) is 126 cm³/mol. The van der Waals surface area contributed by atoms with E-state index in [1.54, 1.807) is 27.7 Å². The van der Waals surface area contributed by atoms with Gasteiger partial charge in [0.25, 0.3) is 0 Å². The smallest absolute Gasteiger partial charge is 0.311 e. The van der Waals surface area contributed by atoms with Crippen molar-refractivity contribution < 1.29 is 27.1 Å². The van der Waals surface area contributed by atoms with E-state index < -0.39 is 33.2 Å². The van der Waals surface area contributed by atoms with Gasteiger partial charge in [0.05, 0.1) is 29.3 Å². The molecule has 2 atom stereocenters. The molecule has 7 nitrogen and oxygen atoms in total. The number of carbonyl (C=O) groups excluding carboxylic acids is 2. The van der Waals surface area contributed by atoms with Crippen LogP contribution in [0.15, 0.2) is 48.5 Å². The Bertz CT molecular complexity index is 1080. The highest BCUT2D eigenvalue weighted by molar-refractivity contribution is 7.92. The average molecular weight is 479 g/mol. The summed E-state index contributed by atoms with van der Waals surface area (Å²) >= 11 is 0. The highest BCUT2D eigenvalue weighted by Crippen LogP contribution is 2.23. The summed E-state index contributed by atoms with van der Waals surface area (Å²) in [5, 5.41) is 2.89. The van der Waals surface area contributed by atoms with Crippen LogP contribution in [0.25, 0.3) is 0 Å². The number of ether oxygens (including phenoxy) is 1. The lowest BCUT2D eigenvalue weighted by Gasteiger charge is -2.24. The number of anilines is 1. The average Bonchev–Trinajstić information content (AvgIpc) is 2.71. The van der Waals surface area contributed by atoms with Crippen molar-refractivity contribution in [3.05, 3.63) is 65.5 Å². The molecule has 9 heteroatoms. The van der Waals surface area contributed by atoms with Crippen LogP contribution in [0.1, 0.15) is 44.7 Å². The van der Waals surface area contributed by atoms with E-state index in [2.05, 4.69) is 10.0 Å². The number of benzene rings is 2. The van der Waals surface area contributed by atoms with Crippen LogP contribution in [0.2, 0.25) is 0 Å². The Morgan fingerprint density at radius 1 is 1.09 bits per heavy atom. The number of nitrogens with one attached hydrogen (secondary N) is 2. The molecule has 0 saturated heterocycles. The lowest BCUT2D eigenvalue weighted by atomic mass is 9.97. The second-order valence-corrected chi connectivity index (χ2v) is 10.8. The molecular formula is C24H31FN2O5S. The molecule has 0 fully saturated rings. The maximum absolute atomic E-state index is 14.4. The fourth-order valence-electron chi connectivity index (χ4n) is 3.00. The molecule has 0 radical (unpaired) electrons. The molecule has 2 aromatic carbocycles. The van der Waals surface area contributed by atoms with Crippen LogP contribution in [-0.2, 0) is 30.8 Å². The first kappa shape index (κ1) is 26.3. The maximum atomic E-state index is 14.4. The Morgan fingerprint density at radius 2 is 1.73 bits per heavy atom. The van der Waals surface area contributed by atoms with Gasteiger partial charge in [-0.2, -0.15) is 0 Å². The standard InChI is InChI=1S/C24H31FN2O5S/c1-16(18-11-12-21(20(25)14-18)27-33(5,30)31)22(28)26-19(13-17-9-7-6-8-10-17)15-32-23(29)24(2,3)4/h6-12,14,16,19,27H,13,15H2,1-5H3,(H,26,28)/t16-,19+/m0/s1. The summed E-state index contributed by atoms with van der Waals surface area (Å²) in [7, 11) is -3.63. The predicted octanol–water partition coefficient (Wildman–Crippen LogP) is 3.62. The van der Waals surface area contributed by atoms with Crippen LogP contribution in [0.4, 0.5) is 10.1 Å². The van der Waals surface area contributed by atoms with E-state index in [-0.39, 0.29) is 24.2 Å². The minimum Gasteiger partial charge on any atom is -0.463 e. The summed E-state index contributed by atoms with van der Waals surface area (Å²) in [4.78, 5) is 25.1. The molecule has 0 unspecified atom stereocenters. The molecular weight excluding hydrogens is 447 g/mol. The SMILES string of the molecule is C[C@H](C(=O)N[C@@H](COC(=O)C(C)(C)C)Cc1ccccc1)c1ccc(NS(C)(=O)=O)c(F)c1. The van der Waals surface area contributed by atoms with Crippen molar-refractivity contribution in [2.75, 3.05) is 17.6 Å². The van der Waals surface area contributed by atoms with Crippen molar-refractivity contribution in [3.63, 3.8) is 0 Å². The number of esters is 1. The van der Waals surface area contributed by atoms with Gasteiger partial charge >= 0.3 is 5.97 Å². The first-order chi connectivity index (χ1) is 15.3. The minimum absolute atomic E-state index is 0.00492. The molecule has 0 saturated carbocycles. The molecule has 2 N–H and O–H groups in total. The molecule has 33 heavy (non-hydrogen) atoms. The van der Waals surface area contributed by atoms with Gasteiger partial charge < -0.3 is 10.1 Å². The van der Waals surface area contributed by atoms with Crippen molar-refractivity contribution in [1.29, 1.82) is 0 Å². The van der Waals surface area contributed by atoms with Gasteiger partial charge in [-0.1, -0.05) is 36.4 Å². The summed E-state index contributed by atoms with van der Waals surface area (Å²) in [5.41, 5.74) is 0.483. The number of sulfonamides is 1. The number of hydrogen-bond acceptors (Lipinski definition) is 5. The highest BCUT2D eigenvalue weighted by atomic mass is 32.2. The van der Waals surface area contributed by atoms with E-state index in [0.29, 0.717) is 12.0 Å². The fourth-order valence-corrected chi connectivity index (χ4v) is 3.57. The van der Waals surface area contributed by atoms with Gasteiger partial charge in [0.2, 0.25) is 15.9 Å². The second-order valence-electron chi connectivity index (χ2n) is 9.08. The third kappa shape index (κ3) is 8.49. The third-order valence-corrected chi connectivity index (χ3v) is 5.47. The van der Waals surface area contributed by atoms with Gasteiger partial charge in [0.1, 0.15) is 12.4 Å². The maximum Gasteiger partial charge on any atom is 0.311 e. The van der Waals surface area contributed by atoms with Gasteiger partial charge in [0, 0.05) is 0 Å². The zero-order valence-electron chi connectivity index (χ0n) is 19.5. The Kier molecular flexibility index (Phi) is 8.60. The van der Waals surface area contributed by atoms with Gasteiger partial charge in [-0.25, -0.2) is 12.8 Å². The number of carbonyl (C=O) groups is 2. The quantitative estimate of drug-likeness (QED) is 0.536. The molecule has 0 aromatic heterocycles. The summed E-state index contributed by atoms with van der Waals surface area (Å²) in [6, 6.07) is 12.9. The summed E-state index contributed by atoms with van der Waals surface area (Å²) in [6.45, 7) is 6.86. The highest BCUT2D eigenvalue weighted by Gasteiger charge is 2.26. The molecule has 0 heterocycles. The Morgan fingerprint density at radius 3 is 2.27 bits per heavy atom. The molecule has 0 aliphatic carbocycles. The summed E-state index contributed by atoms with van der Waals surface area (Å²) < 4.78 is 44.6. The van der Waals surface area contributed by atoms with Crippen LogP contribution >= 0.6 is 0 Å². The van der Waals surface area contributed by atoms with Crippen molar-refractivity contribution in [1.82, 2.24) is 5.32 Å². The molecule has 180 valence electrons. The Labute approximate surface area is 194 Å². The summed E-state index contributed by atoms with van der Waals surface area (Å²) in [5.74, 6) is -2.24. The van der Waals surface area contributed by atoms with Gasteiger partial charge in [-0.3, -0.25) is 14.3 Å². The molecule has 1 amide bonds. The monoisotopic (exact) mass is 478 g/mol. The molecule has 2 rings (SSSR count). The second kappa shape index (κ2) is 10.8. The minimum atomic E-state index is -3.63. The number of halogens is 1. The van der Waals surface area contributed by atoms with Crippen LogP contribution in [0.5, 0.6) is 0 Å². The van der Waals surface area contributed by atoms with Gasteiger partial charge in [-0.15, -0.1) is 0 Å². The summed E-state index contributed by atoms with van der Waals surface area (Å²) in [6.07, 6.45) is 1.37. The van der Waals surface area contributed by atoms with Gasteiger partial charge in [0.15, 0.2) is 0 Å². The van der Waals surface area contributed by atoms with Crippen LogP contribution in [-0.4, -0.2) is 39.2 Å². The zero-order valence-corrected chi connectivity index (χ0v) is 20.3. The van der Waals surface area contributed by atoms with Crippen molar-refractivity contribution in [2.24, 2.45) is 5.41 Å². The molecule has 0 bridgehead atoms. The van der Waals surface area contributed by atoms with E-state index in [9.17, 15) is 22.4 Å². The normalized spacial score (nSPS) is 13.6. The van der Waals surface area contributed by atoms with E-state index in [0.717, 1.165) is 17.9 Å². The van der Waals surface area contributed by atoms with Crippen LogP contribution in [0, 0.1) is 11.2 Å². The number of hydrogen-bond donors (Lipinski definition) is 2. The number of rotatable bonds is 9. The van der Waals surface area contributed by atoms with E-state index in [1.165, 1.54) is 12.1 Å². The van der Waals surface area contributed by atoms with Crippen molar-refractivity contribution >= 4 is 27.6 Å². The van der Waals surface area contributed by atoms with Crippen molar-refractivity contribution in [3.8, 4) is 0 Å². The first-order valence-electron chi connectivity index (χ1n) is 10.5. The topological polar surface area (TPSA) is 102 Å². The molecule has 0 spiro atoms. The fraction of sp³-hybridized carbons (Fsp3) is 0.417. The van der Waals surface area contributed by atoms with Crippen LogP contribution < -0.4 is 10.0 Å². The molecule has 2 aromatic rings. The van der Waals surface area contributed by atoms with Gasteiger partial charge in [-0.05, 0) is 57.4 Å². The Hall–Kier alpha value is -2.94. The lowest BCUT2D eigenvalue weighted by molar-refractivity contribution is -0.154. The van der Waals surface area contributed by atoms with E-state index >= 15 is 0 Å².